The van der Waals surface area contributed by atoms with Crippen molar-refractivity contribution in [1.29, 1.82) is 0 Å². The van der Waals surface area contributed by atoms with Gasteiger partial charge in [-0.1, -0.05) is 37.0 Å². The maximum atomic E-state index is 11.7. The minimum Gasteiger partial charge on any atom is -0.244 e. The van der Waals surface area contributed by atoms with Crippen LogP contribution in [0.1, 0.15) is 25.0 Å². The highest BCUT2D eigenvalue weighted by Crippen LogP contribution is 2.32. The van der Waals surface area contributed by atoms with E-state index in [4.69, 9.17) is 23.2 Å². The number of hydrogen-bond acceptors (Lipinski definition) is 3. The highest BCUT2D eigenvalue weighted by molar-refractivity contribution is 6.36. The van der Waals surface area contributed by atoms with Gasteiger partial charge in [-0.15, -0.1) is 0 Å². The molecule has 0 fully saturated rings. The quantitative estimate of drug-likeness (QED) is 0.942. The van der Waals surface area contributed by atoms with E-state index in [0.29, 0.717) is 28.6 Å². The van der Waals surface area contributed by atoms with Crippen molar-refractivity contribution < 1.29 is 0 Å². The summed E-state index contributed by atoms with van der Waals surface area (Å²) in [7, 11) is 0. The van der Waals surface area contributed by atoms with Crippen molar-refractivity contribution in [3.8, 4) is 5.69 Å². The van der Waals surface area contributed by atoms with Crippen LogP contribution >= 0.6 is 23.2 Å². The second-order valence-corrected chi connectivity index (χ2v) is 4.59. The Morgan fingerprint density at radius 2 is 1.78 bits per heavy atom. The third kappa shape index (κ3) is 2.04. The zero-order chi connectivity index (χ0) is 13.3. The monoisotopic (exact) mass is 286 g/mol. The van der Waals surface area contributed by atoms with E-state index in [0.717, 1.165) is 11.1 Å². The van der Waals surface area contributed by atoms with Crippen LogP contribution < -0.4 is 5.69 Å². The van der Waals surface area contributed by atoms with Gasteiger partial charge in [0, 0.05) is 10.0 Å². The maximum Gasteiger partial charge on any atom is 0.365 e. The van der Waals surface area contributed by atoms with Gasteiger partial charge in [-0.2, -0.15) is 4.68 Å². The Morgan fingerprint density at radius 1 is 1.22 bits per heavy atom. The second kappa shape index (κ2) is 5.12. The molecule has 0 aliphatic rings. The van der Waals surface area contributed by atoms with Crippen LogP contribution in [0.3, 0.4) is 0 Å². The molecule has 1 N–H and O–H groups in total. The molecule has 0 spiro atoms. The lowest BCUT2D eigenvalue weighted by Crippen LogP contribution is -2.19. The van der Waals surface area contributed by atoms with Crippen molar-refractivity contribution in [2.75, 3.05) is 0 Å². The number of rotatable bonds is 3. The molecule has 2 aromatic rings. The van der Waals surface area contributed by atoms with Gasteiger partial charge in [0.1, 0.15) is 0 Å². The molecule has 2 rings (SSSR count). The average molecular weight is 287 g/mol. The molecule has 0 radical (unpaired) electrons. The third-order valence-electron chi connectivity index (χ3n) is 2.79. The zero-order valence-electron chi connectivity index (χ0n) is 10.00. The minimum atomic E-state index is -0.405. The Balaban J connectivity index is 2.86. The van der Waals surface area contributed by atoms with Gasteiger partial charge >= 0.3 is 5.69 Å². The van der Waals surface area contributed by atoms with Gasteiger partial charge in [-0.25, -0.2) is 9.89 Å². The molecule has 0 aliphatic heterocycles. The molecular formula is C11H12Cl2N4O. The fourth-order valence-corrected chi connectivity index (χ4v) is 2.69. The van der Waals surface area contributed by atoms with Gasteiger partial charge < -0.3 is 0 Å². The van der Waals surface area contributed by atoms with Gasteiger partial charge in [0.15, 0.2) is 0 Å². The summed E-state index contributed by atoms with van der Waals surface area (Å²) in [6.07, 6.45) is 1.36. The van der Waals surface area contributed by atoms with Crippen LogP contribution in [0.25, 0.3) is 5.69 Å². The topological polar surface area (TPSA) is 63.6 Å². The summed E-state index contributed by atoms with van der Waals surface area (Å²) in [5.74, 6) is 0. The van der Waals surface area contributed by atoms with Gasteiger partial charge in [-0.3, -0.25) is 0 Å². The molecule has 0 saturated heterocycles. The van der Waals surface area contributed by atoms with E-state index in [2.05, 4.69) is 15.5 Å². The fraction of sp³-hybridized carbons (Fsp3) is 0.364. The molecule has 18 heavy (non-hydrogen) atoms. The number of hydrogen-bond donors (Lipinski definition) is 1. The molecular weight excluding hydrogens is 275 g/mol. The lowest BCUT2D eigenvalue weighted by Gasteiger charge is -2.14. The molecule has 1 aromatic heterocycles. The summed E-state index contributed by atoms with van der Waals surface area (Å²) < 4.78 is 1.20. The normalized spacial score (nSPS) is 10.9. The summed E-state index contributed by atoms with van der Waals surface area (Å²) in [6, 6.07) is 1.70. The Bertz CT molecular complexity index is 604. The predicted molar refractivity (Wildman–Crippen MR) is 70.8 cm³/mol. The first kappa shape index (κ1) is 13.1. The third-order valence-corrected chi connectivity index (χ3v) is 3.47. The summed E-state index contributed by atoms with van der Waals surface area (Å²) in [4.78, 5) is 11.7. The highest BCUT2D eigenvalue weighted by atomic mass is 35.5. The number of nitrogens with zero attached hydrogens (tertiary/aromatic N) is 3. The van der Waals surface area contributed by atoms with Crippen LogP contribution in [-0.4, -0.2) is 20.2 Å². The van der Waals surface area contributed by atoms with Crippen molar-refractivity contribution in [3.63, 3.8) is 0 Å². The predicted octanol–water partition coefficient (Wildman–Crippen LogP) is 2.39. The Labute approximate surface area is 114 Å². The Hall–Kier alpha value is -1.33. The molecule has 1 aromatic carbocycles. The Morgan fingerprint density at radius 3 is 2.17 bits per heavy atom. The molecule has 7 heteroatoms. The number of tetrazole rings is 1. The molecule has 0 bridgehead atoms. The van der Waals surface area contributed by atoms with Crippen molar-refractivity contribution in [2.24, 2.45) is 0 Å². The van der Waals surface area contributed by atoms with Gasteiger partial charge in [0.05, 0.1) is 5.69 Å². The molecule has 5 nitrogen and oxygen atoms in total. The molecule has 0 aliphatic carbocycles. The number of halogens is 2. The lowest BCUT2D eigenvalue weighted by atomic mass is 10.0. The van der Waals surface area contributed by atoms with Crippen molar-refractivity contribution >= 4 is 23.2 Å². The molecule has 0 unspecified atom stereocenters. The van der Waals surface area contributed by atoms with Crippen molar-refractivity contribution in [3.05, 3.63) is 37.7 Å². The van der Waals surface area contributed by atoms with E-state index in [1.165, 1.54) is 4.68 Å². The average Bonchev–Trinajstić information content (AvgIpc) is 2.74. The standard InChI is InChI=1S/C11H12Cl2N4O/c1-3-6-8(12)5-9(13)7(4-2)10(6)17-11(18)14-15-16-17/h5H,3-4H2,1-2H3,(H,14,16,18). The summed E-state index contributed by atoms with van der Waals surface area (Å²) in [5, 5.41) is 10.6. The molecule has 96 valence electrons. The van der Waals surface area contributed by atoms with Crippen LogP contribution in [0.5, 0.6) is 0 Å². The molecule has 0 saturated carbocycles. The van der Waals surface area contributed by atoms with Gasteiger partial charge in [-0.05, 0) is 40.5 Å². The second-order valence-electron chi connectivity index (χ2n) is 3.77. The van der Waals surface area contributed by atoms with Crippen LogP contribution in [0.15, 0.2) is 10.9 Å². The number of nitrogens with one attached hydrogen (secondary N) is 1. The SMILES string of the molecule is CCc1c(Cl)cc(Cl)c(CC)c1-n1nn[nH]c1=O. The smallest absolute Gasteiger partial charge is 0.244 e. The number of H-pyrrole nitrogens is 1. The van der Waals surface area contributed by atoms with Crippen LogP contribution in [0, 0.1) is 0 Å². The van der Waals surface area contributed by atoms with E-state index in [1.54, 1.807) is 6.07 Å². The van der Waals surface area contributed by atoms with E-state index in [1.807, 2.05) is 13.8 Å². The van der Waals surface area contributed by atoms with Crippen molar-refractivity contribution in [2.45, 2.75) is 26.7 Å². The lowest BCUT2D eigenvalue weighted by molar-refractivity contribution is 0.762. The number of aromatic amines is 1. The fourth-order valence-electron chi connectivity index (χ4n) is 1.97. The highest BCUT2D eigenvalue weighted by Gasteiger charge is 2.18. The molecule has 0 atom stereocenters. The van der Waals surface area contributed by atoms with Crippen LogP contribution in [0.4, 0.5) is 0 Å². The van der Waals surface area contributed by atoms with Gasteiger partial charge in [0.25, 0.3) is 0 Å². The minimum absolute atomic E-state index is 0.405. The van der Waals surface area contributed by atoms with E-state index in [9.17, 15) is 4.79 Å². The van der Waals surface area contributed by atoms with Crippen molar-refractivity contribution in [1.82, 2.24) is 20.2 Å². The maximum absolute atomic E-state index is 11.7. The van der Waals surface area contributed by atoms with E-state index in [-0.39, 0.29) is 0 Å². The molecule has 0 amide bonds. The first-order chi connectivity index (χ1) is 8.60. The Kier molecular flexibility index (Phi) is 3.73. The molecule has 1 heterocycles. The van der Waals surface area contributed by atoms with Crippen LogP contribution in [-0.2, 0) is 12.8 Å². The first-order valence-electron chi connectivity index (χ1n) is 5.60. The summed E-state index contributed by atoms with van der Waals surface area (Å²) >= 11 is 12.3. The van der Waals surface area contributed by atoms with E-state index >= 15 is 0 Å². The van der Waals surface area contributed by atoms with Gasteiger partial charge in [0.2, 0.25) is 0 Å². The number of benzene rings is 1. The largest absolute Gasteiger partial charge is 0.365 e. The number of aromatic nitrogens is 4. The summed E-state index contributed by atoms with van der Waals surface area (Å²) in [6.45, 7) is 3.92. The van der Waals surface area contributed by atoms with Crippen LogP contribution in [0.2, 0.25) is 10.0 Å². The zero-order valence-corrected chi connectivity index (χ0v) is 11.5. The first-order valence-corrected chi connectivity index (χ1v) is 6.36. The van der Waals surface area contributed by atoms with E-state index < -0.39 is 5.69 Å². The summed E-state index contributed by atoms with van der Waals surface area (Å²) in [5.41, 5.74) is 1.91.